The number of hydrogen-bond donors (Lipinski definition) is 0. The second kappa shape index (κ2) is 10.0. The lowest BCUT2D eigenvalue weighted by Crippen LogP contribution is -2.44. The number of hydrogen-bond acceptors (Lipinski definition) is 3. The summed E-state index contributed by atoms with van der Waals surface area (Å²) in [7, 11) is -3.97. The van der Waals surface area contributed by atoms with E-state index in [4.69, 9.17) is 0 Å². The Labute approximate surface area is 198 Å². The molecule has 8 heteroatoms. The van der Waals surface area contributed by atoms with Crippen molar-refractivity contribution >= 4 is 21.6 Å². The fourth-order valence-corrected chi connectivity index (χ4v) is 5.62. The average Bonchev–Trinajstić information content (AvgIpc) is 2.85. The van der Waals surface area contributed by atoms with Gasteiger partial charge in [-0.3, -0.25) is 4.79 Å². The van der Waals surface area contributed by atoms with Gasteiger partial charge in [0.15, 0.2) is 11.6 Å². The maximum Gasteiger partial charge on any atom is 0.243 e. The van der Waals surface area contributed by atoms with Crippen LogP contribution in [0.1, 0.15) is 24.0 Å². The van der Waals surface area contributed by atoms with Gasteiger partial charge in [-0.25, -0.2) is 17.2 Å². The van der Waals surface area contributed by atoms with Crippen LogP contribution < -0.4 is 4.90 Å². The zero-order valence-electron chi connectivity index (χ0n) is 18.8. The first kappa shape index (κ1) is 24.0. The minimum Gasteiger partial charge on any atom is -0.308 e. The fraction of sp³-hybridized carbons (Fsp3) is 0.269. The molecule has 4 rings (SSSR count). The number of anilines is 1. The van der Waals surface area contributed by atoms with E-state index in [1.807, 2.05) is 61.5 Å². The van der Waals surface area contributed by atoms with Crippen molar-refractivity contribution in [1.29, 1.82) is 0 Å². The first-order valence-electron chi connectivity index (χ1n) is 11.1. The quantitative estimate of drug-likeness (QED) is 0.500. The lowest BCUT2D eigenvalue weighted by atomic mass is 9.96. The lowest BCUT2D eigenvalue weighted by Gasteiger charge is -2.34. The molecule has 0 atom stereocenters. The summed E-state index contributed by atoms with van der Waals surface area (Å²) in [4.78, 5) is 15.0. The van der Waals surface area contributed by atoms with E-state index in [-0.39, 0.29) is 29.8 Å². The Bertz CT molecular complexity index is 1260. The molecule has 0 radical (unpaired) electrons. The van der Waals surface area contributed by atoms with Crippen LogP contribution in [-0.4, -0.2) is 31.7 Å². The number of amides is 1. The molecule has 1 aliphatic rings. The summed E-state index contributed by atoms with van der Waals surface area (Å²) in [6.45, 7) is 2.65. The second-order valence-electron chi connectivity index (χ2n) is 8.50. The van der Waals surface area contributed by atoms with Gasteiger partial charge >= 0.3 is 0 Å². The smallest absolute Gasteiger partial charge is 0.243 e. The van der Waals surface area contributed by atoms with Crippen molar-refractivity contribution < 1.29 is 22.0 Å². The molecule has 0 unspecified atom stereocenters. The highest BCUT2D eigenvalue weighted by Gasteiger charge is 2.34. The molecule has 0 bridgehead atoms. The first-order valence-corrected chi connectivity index (χ1v) is 12.6. The van der Waals surface area contributed by atoms with Crippen molar-refractivity contribution in [1.82, 2.24) is 4.31 Å². The topological polar surface area (TPSA) is 57.7 Å². The minimum absolute atomic E-state index is 0.0578. The van der Waals surface area contributed by atoms with Crippen LogP contribution in [-0.2, 0) is 21.4 Å². The third-order valence-electron chi connectivity index (χ3n) is 6.13. The molecule has 5 nitrogen and oxygen atoms in total. The van der Waals surface area contributed by atoms with E-state index in [1.54, 1.807) is 4.90 Å². The summed E-state index contributed by atoms with van der Waals surface area (Å²) in [6.07, 6.45) is 0.692. The summed E-state index contributed by atoms with van der Waals surface area (Å²) < 4.78 is 53.9. The zero-order chi connectivity index (χ0) is 24.3. The highest BCUT2D eigenvalue weighted by atomic mass is 32.2. The molecule has 1 saturated heterocycles. The highest BCUT2D eigenvalue weighted by Crippen LogP contribution is 2.28. The van der Waals surface area contributed by atoms with Gasteiger partial charge in [-0.15, -0.1) is 0 Å². The number of nitrogens with zero attached hydrogens (tertiary/aromatic N) is 2. The van der Waals surface area contributed by atoms with E-state index in [1.165, 1.54) is 4.31 Å². The molecule has 1 aliphatic heterocycles. The molecule has 1 amide bonds. The lowest BCUT2D eigenvalue weighted by molar-refractivity contribution is -0.123. The zero-order valence-corrected chi connectivity index (χ0v) is 19.6. The molecule has 3 aromatic carbocycles. The predicted octanol–water partition coefficient (Wildman–Crippen LogP) is 4.91. The van der Waals surface area contributed by atoms with Crippen LogP contribution >= 0.6 is 0 Å². The molecular formula is C26H26F2N2O3S. The number of rotatable bonds is 6. The molecular weight excluding hydrogens is 458 g/mol. The number of carbonyl (C=O) groups excluding carboxylic acids is 1. The number of sulfonamides is 1. The van der Waals surface area contributed by atoms with Gasteiger partial charge in [0.1, 0.15) is 0 Å². The Morgan fingerprint density at radius 2 is 1.59 bits per heavy atom. The summed E-state index contributed by atoms with van der Waals surface area (Å²) in [5.41, 5.74) is 2.87. The monoisotopic (exact) mass is 484 g/mol. The van der Waals surface area contributed by atoms with Gasteiger partial charge in [0, 0.05) is 24.7 Å². The van der Waals surface area contributed by atoms with Crippen molar-refractivity contribution in [2.45, 2.75) is 31.2 Å². The van der Waals surface area contributed by atoms with Crippen molar-refractivity contribution in [2.24, 2.45) is 5.92 Å². The largest absolute Gasteiger partial charge is 0.308 e. The van der Waals surface area contributed by atoms with Gasteiger partial charge in [0.05, 0.1) is 11.4 Å². The molecule has 1 fully saturated rings. The van der Waals surface area contributed by atoms with E-state index in [0.29, 0.717) is 25.5 Å². The number of halogens is 2. The van der Waals surface area contributed by atoms with Gasteiger partial charge < -0.3 is 4.90 Å². The Balaban J connectivity index is 1.50. The molecule has 0 N–H and O–H groups in total. The predicted molar refractivity (Wildman–Crippen MR) is 127 cm³/mol. The molecule has 0 aliphatic carbocycles. The van der Waals surface area contributed by atoms with Gasteiger partial charge in [0.2, 0.25) is 15.9 Å². The van der Waals surface area contributed by atoms with Gasteiger partial charge in [-0.2, -0.15) is 4.31 Å². The Hall–Kier alpha value is -3.10. The number of aryl methyl sites for hydroxylation is 1. The van der Waals surface area contributed by atoms with Crippen LogP contribution in [0.15, 0.2) is 77.7 Å². The van der Waals surface area contributed by atoms with Crippen LogP contribution in [0, 0.1) is 24.5 Å². The number of benzene rings is 3. The van der Waals surface area contributed by atoms with Crippen molar-refractivity contribution in [3.63, 3.8) is 0 Å². The molecule has 0 aromatic heterocycles. The van der Waals surface area contributed by atoms with Crippen LogP contribution in [0.4, 0.5) is 14.5 Å². The number of piperidine rings is 1. The summed E-state index contributed by atoms with van der Waals surface area (Å²) >= 11 is 0. The van der Waals surface area contributed by atoms with E-state index in [9.17, 15) is 22.0 Å². The maximum atomic E-state index is 13.6. The first-order chi connectivity index (χ1) is 16.3. The van der Waals surface area contributed by atoms with Crippen LogP contribution in [0.5, 0.6) is 0 Å². The fourth-order valence-electron chi connectivity index (χ4n) is 4.14. The van der Waals surface area contributed by atoms with Crippen molar-refractivity contribution in [2.75, 3.05) is 18.0 Å². The number of carbonyl (C=O) groups is 1. The van der Waals surface area contributed by atoms with Crippen LogP contribution in [0.25, 0.3) is 0 Å². The highest BCUT2D eigenvalue weighted by molar-refractivity contribution is 7.89. The van der Waals surface area contributed by atoms with Gasteiger partial charge in [-0.05, 0) is 55.7 Å². The summed E-state index contributed by atoms with van der Waals surface area (Å²) in [5, 5.41) is 0. The van der Waals surface area contributed by atoms with Crippen molar-refractivity contribution in [3.05, 3.63) is 95.6 Å². The Morgan fingerprint density at radius 1 is 0.941 bits per heavy atom. The minimum atomic E-state index is -3.97. The normalized spacial score (nSPS) is 15.3. The molecule has 0 saturated carbocycles. The SMILES string of the molecule is Cc1ccc(N(Cc2ccccc2)C(=O)C2CCN(S(=O)(=O)c3ccc(F)c(F)c3)CC2)cc1. The molecule has 0 spiro atoms. The van der Waals surface area contributed by atoms with Gasteiger partial charge in [0.25, 0.3) is 0 Å². The second-order valence-corrected chi connectivity index (χ2v) is 10.4. The van der Waals surface area contributed by atoms with Crippen LogP contribution in [0.2, 0.25) is 0 Å². The van der Waals surface area contributed by atoms with Crippen LogP contribution in [0.3, 0.4) is 0 Å². The Morgan fingerprint density at radius 3 is 2.21 bits per heavy atom. The summed E-state index contributed by atoms with van der Waals surface area (Å²) in [6, 6.07) is 20.0. The van der Waals surface area contributed by atoms with Crippen molar-refractivity contribution in [3.8, 4) is 0 Å². The molecule has 1 heterocycles. The van der Waals surface area contributed by atoms with E-state index in [2.05, 4.69) is 0 Å². The van der Waals surface area contributed by atoms with E-state index >= 15 is 0 Å². The third-order valence-corrected chi connectivity index (χ3v) is 8.02. The standard InChI is InChI=1S/C26H26F2N2O3S/c1-19-7-9-22(10-8-19)30(18-20-5-3-2-4-6-20)26(31)21-13-15-29(16-14-21)34(32,33)23-11-12-24(27)25(28)17-23/h2-12,17,21H,13-16,18H2,1H3. The van der Waals surface area contributed by atoms with Gasteiger partial charge in [-0.1, -0.05) is 48.0 Å². The summed E-state index contributed by atoms with van der Waals surface area (Å²) in [5.74, 6) is -2.71. The maximum absolute atomic E-state index is 13.6. The van der Waals surface area contributed by atoms with E-state index < -0.39 is 21.7 Å². The van der Waals surface area contributed by atoms with E-state index in [0.717, 1.165) is 28.9 Å². The molecule has 3 aromatic rings. The average molecular weight is 485 g/mol. The third kappa shape index (κ3) is 5.18. The molecule has 178 valence electrons. The Kier molecular flexibility index (Phi) is 7.09. The molecule has 34 heavy (non-hydrogen) atoms.